The summed E-state index contributed by atoms with van der Waals surface area (Å²) in [7, 11) is 0. The normalized spacial score (nSPS) is 13.0. The molecule has 0 amide bonds. The molecule has 0 bridgehead atoms. The molecule has 2 rings (SSSR count). The lowest BCUT2D eigenvalue weighted by Gasteiger charge is -2.22. The van der Waals surface area contributed by atoms with Gasteiger partial charge in [0.05, 0.1) is 0 Å². The van der Waals surface area contributed by atoms with E-state index in [4.69, 9.17) is 44.9 Å². The number of ether oxygens (including phenoxy) is 1. The van der Waals surface area contributed by atoms with Gasteiger partial charge in [0, 0.05) is 10.0 Å². The summed E-state index contributed by atoms with van der Waals surface area (Å²) in [5, 5.41) is 11.6. The second-order valence-electron chi connectivity index (χ2n) is 3.93. The third-order valence-corrected chi connectivity index (χ3v) is 4.26. The zero-order chi connectivity index (χ0) is 14.8. The van der Waals surface area contributed by atoms with Crippen molar-refractivity contribution in [2.75, 3.05) is 0 Å². The molecule has 0 saturated carbocycles. The Bertz CT molecular complexity index is 581. The summed E-state index contributed by atoms with van der Waals surface area (Å²) in [5.74, 6) is -0.401. The van der Waals surface area contributed by atoms with Crippen LogP contribution in [0, 0.1) is 5.41 Å². The Morgan fingerprint density at radius 3 is 2.30 bits per heavy atom. The van der Waals surface area contributed by atoms with E-state index in [9.17, 15) is 0 Å². The van der Waals surface area contributed by atoms with Gasteiger partial charge < -0.3 is 4.74 Å². The molecule has 7 heteroatoms. The lowest BCUT2D eigenvalue weighted by Crippen LogP contribution is -2.23. The number of rotatable bonds is 3. The summed E-state index contributed by atoms with van der Waals surface area (Å²) in [6.07, 6.45) is -0.475. The number of thiophene rings is 1. The highest BCUT2D eigenvalue weighted by atomic mass is 79.9. The van der Waals surface area contributed by atoms with Gasteiger partial charge in [0.1, 0.15) is 0 Å². The molecule has 0 aliphatic heterocycles. The third-order valence-electron chi connectivity index (χ3n) is 2.51. The predicted octanol–water partition coefficient (Wildman–Crippen LogP) is 5.96. The lowest BCUT2D eigenvalue weighted by atomic mass is 10.0. The van der Waals surface area contributed by atoms with Crippen LogP contribution in [0.1, 0.15) is 17.2 Å². The number of hydrogen-bond acceptors (Lipinski definition) is 3. The quantitative estimate of drug-likeness (QED) is 0.376. The molecular weight excluding hydrogens is 404 g/mol. The summed E-state index contributed by atoms with van der Waals surface area (Å²) in [5.41, 5.74) is 1.79. The number of alkyl halides is 3. The van der Waals surface area contributed by atoms with Gasteiger partial charge in [0.15, 0.2) is 6.10 Å². The summed E-state index contributed by atoms with van der Waals surface area (Å²) in [6.45, 7) is 0. The molecule has 1 atom stereocenters. The highest BCUT2D eigenvalue weighted by molar-refractivity contribution is 9.10. The predicted molar refractivity (Wildman–Crippen MR) is 89.4 cm³/mol. The van der Waals surface area contributed by atoms with E-state index in [0.717, 1.165) is 15.6 Å². The highest BCUT2D eigenvalue weighted by Crippen LogP contribution is 2.34. The Kier molecular flexibility index (Phi) is 5.37. The second-order valence-corrected chi connectivity index (χ2v) is 7.91. The van der Waals surface area contributed by atoms with Gasteiger partial charge in [0.2, 0.25) is 5.90 Å². The van der Waals surface area contributed by atoms with E-state index in [1.807, 2.05) is 41.1 Å². The average Bonchev–Trinajstić information content (AvgIpc) is 2.89. The number of benzene rings is 1. The van der Waals surface area contributed by atoms with Gasteiger partial charge in [-0.2, -0.15) is 11.3 Å². The number of nitrogens with one attached hydrogen (secondary N) is 1. The second kappa shape index (κ2) is 6.67. The first kappa shape index (κ1) is 16.1. The zero-order valence-corrected chi connectivity index (χ0v) is 14.6. The van der Waals surface area contributed by atoms with E-state index in [0.29, 0.717) is 0 Å². The van der Waals surface area contributed by atoms with E-state index >= 15 is 0 Å². The van der Waals surface area contributed by atoms with E-state index in [-0.39, 0.29) is 0 Å². The molecular formula is C13H9BrCl3NOS. The summed E-state index contributed by atoms with van der Waals surface area (Å²) in [4.78, 5) is 0. The SMILES string of the molecule is N=C(OC(c1ccc(Br)cc1)c1ccsc1)C(Cl)(Cl)Cl. The maximum atomic E-state index is 7.74. The van der Waals surface area contributed by atoms with Gasteiger partial charge in [-0.25, -0.2) is 0 Å². The topological polar surface area (TPSA) is 33.1 Å². The van der Waals surface area contributed by atoms with Crippen LogP contribution < -0.4 is 0 Å². The molecule has 0 radical (unpaired) electrons. The maximum absolute atomic E-state index is 7.74. The van der Waals surface area contributed by atoms with Crippen molar-refractivity contribution < 1.29 is 4.74 Å². The van der Waals surface area contributed by atoms with Crippen molar-refractivity contribution in [2.45, 2.75) is 9.90 Å². The van der Waals surface area contributed by atoms with Gasteiger partial charge in [-0.15, -0.1) is 0 Å². The molecule has 0 aliphatic carbocycles. The van der Waals surface area contributed by atoms with Crippen LogP contribution in [0.15, 0.2) is 45.6 Å². The first-order valence-corrected chi connectivity index (χ1v) is 8.35. The van der Waals surface area contributed by atoms with E-state index in [1.54, 1.807) is 11.3 Å². The molecule has 1 unspecified atom stereocenters. The molecule has 1 N–H and O–H groups in total. The van der Waals surface area contributed by atoms with E-state index in [1.165, 1.54) is 0 Å². The minimum absolute atomic E-state index is 0.401. The summed E-state index contributed by atoms with van der Waals surface area (Å²) >= 11 is 22.0. The largest absolute Gasteiger partial charge is 0.465 e. The molecule has 2 aromatic rings. The van der Waals surface area contributed by atoms with E-state index < -0.39 is 15.8 Å². The number of halogens is 4. The fraction of sp³-hybridized carbons (Fsp3) is 0.154. The first-order valence-electron chi connectivity index (χ1n) is 5.48. The van der Waals surface area contributed by atoms with Gasteiger partial charge in [-0.3, -0.25) is 5.41 Å². The third kappa shape index (κ3) is 4.12. The van der Waals surface area contributed by atoms with Crippen molar-refractivity contribution in [1.82, 2.24) is 0 Å². The fourth-order valence-corrected chi connectivity index (χ4v) is 2.65. The Balaban J connectivity index is 2.31. The monoisotopic (exact) mass is 411 g/mol. The van der Waals surface area contributed by atoms with Crippen LogP contribution in [-0.4, -0.2) is 9.69 Å². The molecule has 2 nitrogen and oxygen atoms in total. The van der Waals surface area contributed by atoms with Gasteiger partial charge >= 0.3 is 0 Å². The molecule has 1 heterocycles. The molecule has 0 fully saturated rings. The molecule has 106 valence electrons. The average molecular weight is 414 g/mol. The van der Waals surface area contributed by atoms with Crippen molar-refractivity contribution in [3.05, 3.63) is 56.7 Å². The van der Waals surface area contributed by atoms with Gasteiger partial charge in [0.25, 0.3) is 3.79 Å². The number of hydrogen-bond donors (Lipinski definition) is 1. The van der Waals surface area contributed by atoms with Crippen molar-refractivity contribution in [2.24, 2.45) is 0 Å². The van der Waals surface area contributed by atoms with Crippen LogP contribution in [-0.2, 0) is 4.74 Å². The Hall–Kier alpha value is -0.260. The molecule has 1 aromatic carbocycles. The molecule has 0 aliphatic rings. The van der Waals surface area contributed by atoms with Crippen molar-refractivity contribution in [1.29, 1.82) is 5.41 Å². The van der Waals surface area contributed by atoms with Crippen LogP contribution >= 0.6 is 62.1 Å². The van der Waals surface area contributed by atoms with Crippen LogP contribution in [0.25, 0.3) is 0 Å². The van der Waals surface area contributed by atoms with Crippen LogP contribution in [0.5, 0.6) is 0 Å². The molecule has 0 spiro atoms. The lowest BCUT2D eigenvalue weighted by molar-refractivity contribution is 0.226. The molecule has 0 saturated heterocycles. The minimum Gasteiger partial charge on any atom is -0.465 e. The molecule has 20 heavy (non-hydrogen) atoms. The summed E-state index contributed by atoms with van der Waals surface area (Å²) < 4.78 is 4.65. The first-order chi connectivity index (χ1) is 9.38. The van der Waals surface area contributed by atoms with Gasteiger partial charge in [-0.1, -0.05) is 62.9 Å². The van der Waals surface area contributed by atoms with Gasteiger partial charge in [-0.05, 0) is 34.5 Å². The van der Waals surface area contributed by atoms with Crippen molar-refractivity contribution >= 4 is 68.0 Å². The minimum atomic E-state index is -1.87. The highest BCUT2D eigenvalue weighted by Gasteiger charge is 2.31. The zero-order valence-electron chi connectivity index (χ0n) is 9.95. The Morgan fingerprint density at radius 2 is 1.80 bits per heavy atom. The van der Waals surface area contributed by atoms with Crippen LogP contribution in [0.3, 0.4) is 0 Å². The van der Waals surface area contributed by atoms with Crippen molar-refractivity contribution in [3.63, 3.8) is 0 Å². The fourth-order valence-electron chi connectivity index (χ4n) is 1.57. The standard InChI is InChI=1S/C13H9BrCl3NOS/c14-10-3-1-8(2-4-10)11(9-5-6-20-7-9)19-12(18)13(15,16)17/h1-7,11,18H. The Labute approximate surface area is 144 Å². The summed E-state index contributed by atoms with van der Waals surface area (Å²) in [6, 6.07) is 9.52. The van der Waals surface area contributed by atoms with Crippen LogP contribution in [0.4, 0.5) is 0 Å². The maximum Gasteiger partial charge on any atom is 0.265 e. The van der Waals surface area contributed by atoms with Crippen LogP contribution in [0.2, 0.25) is 0 Å². The van der Waals surface area contributed by atoms with Crippen molar-refractivity contribution in [3.8, 4) is 0 Å². The molecule has 1 aromatic heterocycles. The smallest absolute Gasteiger partial charge is 0.265 e. The van der Waals surface area contributed by atoms with E-state index in [2.05, 4.69) is 15.9 Å². The Morgan fingerprint density at radius 1 is 1.15 bits per heavy atom.